The third kappa shape index (κ3) is 4.11. The summed E-state index contributed by atoms with van der Waals surface area (Å²) in [6.07, 6.45) is 1.80. The van der Waals surface area contributed by atoms with Gasteiger partial charge in [-0.3, -0.25) is 19.5 Å². The van der Waals surface area contributed by atoms with Crippen molar-refractivity contribution in [2.24, 2.45) is 0 Å². The fraction of sp³-hybridized carbons (Fsp3) is 0.292. The number of para-hydroxylation sites is 2. The number of aromatic nitrogens is 1. The lowest BCUT2D eigenvalue weighted by atomic mass is 10.1. The Kier molecular flexibility index (Phi) is 6.18. The molecule has 0 aliphatic carbocycles. The van der Waals surface area contributed by atoms with Crippen molar-refractivity contribution < 1.29 is 19.1 Å². The number of thiocarbonyl (C=S) groups is 1. The quantitative estimate of drug-likeness (QED) is 0.526. The second-order valence-corrected chi connectivity index (χ2v) is 8.45. The van der Waals surface area contributed by atoms with E-state index in [2.05, 4.69) is 10.3 Å². The van der Waals surface area contributed by atoms with Gasteiger partial charge in [-0.1, -0.05) is 18.2 Å². The van der Waals surface area contributed by atoms with Crippen LogP contribution in [0.5, 0.6) is 5.75 Å². The fourth-order valence-electron chi connectivity index (χ4n) is 4.39. The van der Waals surface area contributed by atoms with E-state index in [-0.39, 0.29) is 18.2 Å². The normalized spacial score (nSPS) is 19.1. The number of hydrogen-bond acceptors (Lipinski definition) is 6. The number of ether oxygens (including phenoxy) is 2. The van der Waals surface area contributed by atoms with Gasteiger partial charge in [0.1, 0.15) is 11.8 Å². The molecule has 2 aliphatic heterocycles. The number of nitrogens with zero attached hydrogens (tertiary/aromatic N) is 3. The predicted octanol–water partition coefficient (Wildman–Crippen LogP) is 2.75. The monoisotopic (exact) mass is 479 g/mol. The van der Waals surface area contributed by atoms with Crippen LogP contribution in [-0.2, 0) is 14.3 Å². The number of H-pyrrole nitrogens is 1. The van der Waals surface area contributed by atoms with E-state index in [0.717, 1.165) is 10.9 Å². The van der Waals surface area contributed by atoms with Gasteiger partial charge in [0, 0.05) is 30.5 Å². The molecule has 2 fully saturated rings. The van der Waals surface area contributed by atoms with E-state index in [0.29, 0.717) is 48.5 Å². The zero-order valence-corrected chi connectivity index (χ0v) is 19.5. The summed E-state index contributed by atoms with van der Waals surface area (Å²) in [5.41, 5.74) is 2.14. The summed E-state index contributed by atoms with van der Waals surface area (Å²) in [5.74, 6) is -0.00682. The summed E-state index contributed by atoms with van der Waals surface area (Å²) in [6, 6.07) is 14.1. The number of hydrazine groups is 1. The molecule has 1 atom stereocenters. The second-order valence-electron chi connectivity index (χ2n) is 8.09. The average Bonchev–Trinajstić information content (AvgIpc) is 3.41. The van der Waals surface area contributed by atoms with Crippen LogP contribution < -0.4 is 15.0 Å². The topological polar surface area (TPSA) is 90.1 Å². The van der Waals surface area contributed by atoms with Crippen molar-refractivity contribution in [3.05, 3.63) is 54.7 Å². The predicted molar refractivity (Wildman–Crippen MR) is 133 cm³/mol. The first-order valence-electron chi connectivity index (χ1n) is 11.1. The number of benzene rings is 2. The van der Waals surface area contributed by atoms with Crippen molar-refractivity contribution in [2.75, 3.05) is 43.6 Å². The van der Waals surface area contributed by atoms with Crippen LogP contribution in [-0.4, -0.2) is 71.4 Å². The molecule has 2 N–H and O–H groups in total. The van der Waals surface area contributed by atoms with Gasteiger partial charge in [-0.05, 0) is 47.9 Å². The van der Waals surface area contributed by atoms with E-state index in [1.807, 2.05) is 47.6 Å². The number of carbonyl (C=O) groups excluding carboxylic acids is 2. The van der Waals surface area contributed by atoms with E-state index < -0.39 is 6.04 Å². The Morgan fingerprint density at radius 2 is 2.00 bits per heavy atom. The number of nitrogens with one attached hydrogen (secondary N) is 2. The minimum atomic E-state index is -0.773. The van der Waals surface area contributed by atoms with Gasteiger partial charge in [0.05, 0.1) is 32.4 Å². The summed E-state index contributed by atoms with van der Waals surface area (Å²) in [7, 11) is 1.55. The molecule has 2 aliphatic rings. The standard InChI is InChI=1S/C24H25N5O4S/c1-32-21-5-3-2-4-19(21)28-23(31)20(29(24(28)34)27-10-12-33-13-11-27)15-22(30)26-17-7-6-16-8-9-25-18(16)14-17/h2-9,14,20,25H,10-13,15H2,1H3,(H,26,30). The van der Waals surface area contributed by atoms with Crippen molar-refractivity contribution in [3.63, 3.8) is 0 Å². The van der Waals surface area contributed by atoms with Gasteiger partial charge < -0.3 is 19.8 Å². The lowest BCUT2D eigenvalue weighted by Crippen LogP contribution is -2.54. The smallest absolute Gasteiger partial charge is 0.258 e. The maximum Gasteiger partial charge on any atom is 0.258 e. The third-order valence-electron chi connectivity index (χ3n) is 6.02. The van der Waals surface area contributed by atoms with Gasteiger partial charge in [-0.15, -0.1) is 0 Å². The van der Waals surface area contributed by atoms with Gasteiger partial charge in [0.25, 0.3) is 5.91 Å². The molecule has 1 aromatic heterocycles. The van der Waals surface area contributed by atoms with Gasteiger partial charge in [-0.2, -0.15) is 0 Å². The van der Waals surface area contributed by atoms with Crippen LogP contribution in [0.15, 0.2) is 54.7 Å². The van der Waals surface area contributed by atoms with E-state index >= 15 is 0 Å². The number of rotatable bonds is 6. The van der Waals surface area contributed by atoms with Crippen LogP contribution in [0.3, 0.4) is 0 Å². The van der Waals surface area contributed by atoms with Crippen molar-refractivity contribution in [2.45, 2.75) is 12.5 Å². The Balaban J connectivity index is 1.42. The highest BCUT2D eigenvalue weighted by molar-refractivity contribution is 7.80. The number of anilines is 2. The van der Waals surface area contributed by atoms with E-state index in [1.54, 1.807) is 24.3 Å². The fourth-order valence-corrected chi connectivity index (χ4v) is 4.83. The first-order chi connectivity index (χ1) is 16.6. The summed E-state index contributed by atoms with van der Waals surface area (Å²) in [4.78, 5) is 31.3. The first kappa shape index (κ1) is 22.3. The second kappa shape index (κ2) is 9.41. The Labute approximate surface area is 202 Å². The molecule has 0 radical (unpaired) electrons. The molecular weight excluding hydrogens is 454 g/mol. The van der Waals surface area contributed by atoms with E-state index in [1.165, 1.54) is 4.90 Å². The molecule has 9 nitrogen and oxygen atoms in total. The summed E-state index contributed by atoms with van der Waals surface area (Å²) < 4.78 is 11.0. The highest BCUT2D eigenvalue weighted by Crippen LogP contribution is 2.35. The lowest BCUT2D eigenvalue weighted by Gasteiger charge is -2.37. The Bertz CT molecular complexity index is 1240. The molecule has 1 unspecified atom stereocenters. The van der Waals surface area contributed by atoms with E-state index in [9.17, 15) is 9.59 Å². The van der Waals surface area contributed by atoms with Crippen molar-refractivity contribution in [1.29, 1.82) is 0 Å². The number of hydrogen-bond donors (Lipinski definition) is 2. The summed E-state index contributed by atoms with van der Waals surface area (Å²) in [6.45, 7) is 2.21. The number of morpholine rings is 1. The highest BCUT2D eigenvalue weighted by Gasteiger charge is 2.47. The van der Waals surface area contributed by atoms with Gasteiger partial charge in [-0.25, -0.2) is 5.01 Å². The number of fused-ring (bicyclic) bond motifs is 1. The zero-order valence-electron chi connectivity index (χ0n) is 18.7. The van der Waals surface area contributed by atoms with Crippen LogP contribution in [0.25, 0.3) is 10.9 Å². The average molecular weight is 480 g/mol. The highest BCUT2D eigenvalue weighted by atomic mass is 32.1. The third-order valence-corrected chi connectivity index (χ3v) is 6.39. The minimum absolute atomic E-state index is 0.0509. The molecule has 10 heteroatoms. The van der Waals surface area contributed by atoms with Gasteiger partial charge in [0.15, 0.2) is 5.11 Å². The number of carbonyl (C=O) groups is 2. The lowest BCUT2D eigenvalue weighted by molar-refractivity contribution is -0.130. The molecular formula is C24H25N5O4S. The Hall–Kier alpha value is -3.47. The van der Waals surface area contributed by atoms with Crippen LogP contribution in [0.1, 0.15) is 6.42 Å². The number of methoxy groups -OCH3 is 1. The van der Waals surface area contributed by atoms with Crippen molar-refractivity contribution >= 4 is 51.4 Å². The van der Waals surface area contributed by atoms with Gasteiger partial charge >= 0.3 is 0 Å². The zero-order chi connectivity index (χ0) is 23.7. The van der Waals surface area contributed by atoms with Crippen LogP contribution in [0.2, 0.25) is 0 Å². The molecule has 0 saturated carbocycles. The van der Waals surface area contributed by atoms with Crippen molar-refractivity contribution in [3.8, 4) is 5.75 Å². The molecule has 0 spiro atoms. The molecule has 2 aromatic carbocycles. The summed E-state index contributed by atoms with van der Waals surface area (Å²) >= 11 is 5.77. The molecule has 3 heterocycles. The van der Waals surface area contributed by atoms with Gasteiger partial charge in [0.2, 0.25) is 5.91 Å². The largest absolute Gasteiger partial charge is 0.495 e. The summed E-state index contributed by atoms with van der Waals surface area (Å²) in [5, 5.41) is 8.05. The Morgan fingerprint density at radius 1 is 1.21 bits per heavy atom. The SMILES string of the molecule is COc1ccccc1N1C(=O)C(CC(=O)Nc2ccc3cc[nH]c3c2)N(N2CCOCC2)C1=S. The minimum Gasteiger partial charge on any atom is -0.495 e. The maximum atomic E-state index is 13.7. The number of aromatic amines is 1. The Morgan fingerprint density at radius 3 is 2.79 bits per heavy atom. The van der Waals surface area contributed by atoms with Crippen LogP contribution >= 0.6 is 12.2 Å². The molecule has 2 amide bonds. The maximum absolute atomic E-state index is 13.7. The molecule has 2 saturated heterocycles. The van der Waals surface area contributed by atoms with Crippen LogP contribution in [0.4, 0.5) is 11.4 Å². The molecule has 3 aromatic rings. The molecule has 34 heavy (non-hydrogen) atoms. The van der Waals surface area contributed by atoms with E-state index in [4.69, 9.17) is 21.7 Å². The molecule has 0 bridgehead atoms. The molecule has 5 rings (SSSR count). The first-order valence-corrected chi connectivity index (χ1v) is 11.5. The van der Waals surface area contributed by atoms with Crippen molar-refractivity contribution in [1.82, 2.24) is 15.0 Å². The number of amides is 2. The van der Waals surface area contributed by atoms with Crippen LogP contribution in [0, 0.1) is 0 Å². The molecule has 176 valence electrons.